The average molecular weight is 494 g/mol. The van der Waals surface area contributed by atoms with Gasteiger partial charge in [0.15, 0.2) is 0 Å². The molecule has 4 nitrogen and oxygen atoms in total. The van der Waals surface area contributed by atoms with E-state index in [1.165, 1.54) is 0 Å². The van der Waals surface area contributed by atoms with E-state index in [0.717, 1.165) is 25.7 Å². The van der Waals surface area contributed by atoms with E-state index in [1.807, 2.05) is 36.4 Å². The summed E-state index contributed by atoms with van der Waals surface area (Å²) in [5.74, 6) is 1.18. The van der Waals surface area contributed by atoms with Crippen molar-refractivity contribution in [1.29, 1.82) is 0 Å². The van der Waals surface area contributed by atoms with E-state index in [-0.39, 0.29) is 11.8 Å². The zero-order chi connectivity index (χ0) is 24.9. The Morgan fingerprint density at radius 2 is 1.00 bits per heavy atom. The summed E-state index contributed by atoms with van der Waals surface area (Å²) in [6.07, 6.45) is 4.25. The second kappa shape index (κ2) is 20.6. The molecule has 0 N–H and O–H groups in total. The first-order valence-corrected chi connectivity index (χ1v) is 12.5. The molecule has 0 radical (unpaired) electrons. The van der Waals surface area contributed by atoms with Crippen LogP contribution < -0.4 is 0 Å². The molecule has 0 aliphatic rings. The summed E-state index contributed by atoms with van der Waals surface area (Å²) in [4.78, 5) is 23.0. The number of carbonyl (C=O) groups excluding carboxylic acids is 2. The summed E-state index contributed by atoms with van der Waals surface area (Å²) in [5, 5.41) is 8.05. The van der Waals surface area contributed by atoms with Gasteiger partial charge in [-0.15, -0.1) is 13.1 Å². The van der Waals surface area contributed by atoms with Crippen molar-refractivity contribution in [2.24, 2.45) is 11.8 Å². The summed E-state index contributed by atoms with van der Waals surface area (Å²) < 4.78 is 19.5. The summed E-state index contributed by atoms with van der Waals surface area (Å²) in [6, 6.07) is 18.4. The fourth-order valence-electron chi connectivity index (χ4n) is 2.70. The van der Waals surface area contributed by atoms with Crippen LogP contribution in [0.4, 0.5) is 6.18 Å². The molecule has 0 heterocycles. The fourth-order valence-corrected chi connectivity index (χ4v) is 2.70. The van der Waals surface area contributed by atoms with Crippen molar-refractivity contribution in [3.63, 3.8) is 0 Å². The van der Waals surface area contributed by atoms with Crippen molar-refractivity contribution in [3.8, 4) is 0 Å². The molecule has 0 aromatic heterocycles. The van der Waals surface area contributed by atoms with Crippen molar-refractivity contribution in [2.75, 3.05) is 13.1 Å². The van der Waals surface area contributed by atoms with E-state index in [9.17, 15) is 15.8 Å². The molecule has 0 saturated carbocycles. The first-order chi connectivity index (χ1) is 15.8. The predicted molar refractivity (Wildman–Crippen MR) is 128 cm³/mol. The molecule has 2 rings (SSSR count). The molecule has 0 aliphatic heterocycles. The molecule has 0 aliphatic carbocycles. The summed E-state index contributed by atoms with van der Waals surface area (Å²) in [7, 11) is 0. The Balaban J connectivity index is 0.000000555. The van der Waals surface area contributed by atoms with Gasteiger partial charge in [0.05, 0.1) is 11.8 Å². The minimum atomic E-state index is -2.50. The molecule has 0 spiro atoms. The Morgan fingerprint density at radius 3 is 1.27 bits per heavy atom. The third kappa shape index (κ3) is 18.1. The SMILES string of the molecule is CC(C)CCC[N-]C(=O)c1ccccc1.CC(C)CCC[N-]C(=O)c1ccccc1.[F][Ti][F]. The van der Waals surface area contributed by atoms with Crippen LogP contribution in [0.2, 0.25) is 0 Å². The molecule has 2 aromatic carbocycles. The van der Waals surface area contributed by atoms with E-state index in [1.54, 1.807) is 24.3 Å². The Kier molecular flexibility index (Phi) is 19.3. The summed E-state index contributed by atoms with van der Waals surface area (Å²) >= 11 is -2.50. The standard InChI is InChI=1S/2C13H19NO.2FH.Ti/c2*1-11(2)7-6-10-14-13(15)12-8-4-3-5-9-12;;;/h2*3-5,8-9,11H,6-7,10H2,1-2H3,(H,14,15);2*1H;/q;;;;+2/p-4. The Bertz CT molecular complexity index is 681. The normalized spacial score (nSPS) is 9.82. The molecule has 0 fully saturated rings. The second-order valence-electron chi connectivity index (χ2n) is 8.25. The van der Waals surface area contributed by atoms with E-state index < -0.39 is 20.2 Å². The molecule has 0 atom stereocenters. The van der Waals surface area contributed by atoms with Crippen LogP contribution in [0.1, 0.15) is 74.1 Å². The topological polar surface area (TPSA) is 62.3 Å². The molecular weight excluding hydrogens is 458 g/mol. The van der Waals surface area contributed by atoms with Gasteiger partial charge in [0.2, 0.25) is 0 Å². The van der Waals surface area contributed by atoms with Crippen LogP contribution >= 0.6 is 0 Å². The van der Waals surface area contributed by atoms with Gasteiger partial charge in [0.25, 0.3) is 0 Å². The first kappa shape index (κ1) is 31.0. The third-order valence-electron chi connectivity index (χ3n) is 4.43. The van der Waals surface area contributed by atoms with Crippen LogP contribution in [0.15, 0.2) is 60.7 Å². The van der Waals surface area contributed by atoms with Gasteiger partial charge in [-0.25, -0.2) is 0 Å². The number of hydrogen-bond donors (Lipinski definition) is 0. The van der Waals surface area contributed by atoms with Crippen LogP contribution in [0.5, 0.6) is 0 Å². The molecule has 2 aromatic rings. The summed E-state index contributed by atoms with van der Waals surface area (Å²) in [6.45, 7) is 10.0. The van der Waals surface area contributed by atoms with Crippen molar-refractivity contribution >= 4 is 11.8 Å². The van der Waals surface area contributed by atoms with Crippen molar-refractivity contribution in [1.82, 2.24) is 0 Å². The fraction of sp³-hybridized carbons (Fsp3) is 0.462. The van der Waals surface area contributed by atoms with E-state index >= 15 is 0 Å². The molecule has 33 heavy (non-hydrogen) atoms. The van der Waals surface area contributed by atoms with Crippen molar-refractivity contribution in [3.05, 3.63) is 82.4 Å². The number of rotatable bonds is 10. The molecule has 7 heteroatoms. The average Bonchev–Trinajstić information content (AvgIpc) is 2.81. The molecule has 182 valence electrons. The van der Waals surface area contributed by atoms with E-state index in [2.05, 4.69) is 38.3 Å². The van der Waals surface area contributed by atoms with Crippen LogP contribution in [0.3, 0.4) is 0 Å². The third-order valence-corrected chi connectivity index (χ3v) is 4.43. The maximum absolute atomic E-state index is 11.5. The minimum absolute atomic E-state index is 0.0978. The van der Waals surface area contributed by atoms with Gasteiger partial charge < -0.3 is 20.2 Å². The number of benzene rings is 2. The summed E-state index contributed by atoms with van der Waals surface area (Å²) in [5.41, 5.74) is 1.36. The quantitative estimate of drug-likeness (QED) is 0.247. The first-order valence-electron chi connectivity index (χ1n) is 11.3. The van der Waals surface area contributed by atoms with Crippen LogP contribution in [-0.4, -0.2) is 24.9 Å². The Morgan fingerprint density at radius 1 is 0.697 bits per heavy atom. The number of halogens is 2. The molecule has 2 amide bonds. The Hall–Kier alpha value is -2.05. The molecule has 0 saturated heterocycles. The molecular formula is C26H36F2N2O2Ti-2. The number of nitrogens with zero attached hydrogens (tertiary/aromatic N) is 2. The maximum atomic E-state index is 11.5. The van der Waals surface area contributed by atoms with Crippen LogP contribution in [-0.2, 0) is 20.2 Å². The number of amides is 2. The van der Waals surface area contributed by atoms with Gasteiger partial charge in [0.1, 0.15) is 0 Å². The van der Waals surface area contributed by atoms with Crippen LogP contribution in [0, 0.1) is 11.8 Å². The van der Waals surface area contributed by atoms with Crippen molar-refractivity contribution in [2.45, 2.75) is 53.4 Å². The zero-order valence-electron chi connectivity index (χ0n) is 20.1. The molecule has 0 unspecified atom stereocenters. The Labute approximate surface area is 208 Å². The van der Waals surface area contributed by atoms with Crippen LogP contribution in [0.25, 0.3) is 10.6 Å². The van der Waals surface area contributed by atoms with Gasteiger partial charge in [-0.05, 0) is 23.0 Å². The van der Waals surface area contributed by atoms with Gasteiger partial charge in [0, 0.05) is 0 Å². The second-order valence-corrected chi connectivity index (χ2v) is 8.47. The van der Waals surface area contributed by atoms with E-state index in [4.69, 9.17) is 0 Å². The number of carbonyl (C=O) groups is 2. The van der Waals surface area contributed by atoms with Gasteiger partial charge >= 0.3 is 26.4 Å². The monoisotopic (exact) mass is 494 g/mol. The van der Waals surface area contributed by atoms with Gasteiger partial charge in [-0.3, -0.25) is 0 Å². The zero-order valence-corrected chi connectivity index (χ0v) is 21.7. The molecule has 0 bridgehead atoms. The van der Waals surface area contributed by atoms with Gasteiger partial charge in [-0.2, -0.15) is 0 Å². The number of hydrogen-bond acceptors (Lipinski definition) is 2. The predicted octanol–water partition coefficient (Wildman–Crippen LogP) is 8.11. The van der Waals surface area contributed by atoms with E-state index in [0.29, 0.717) is 36.1 Å². The van der Waals surface area contributed by atoms with Gasteiger partial charge in [-0.1, -0.05) is 114 Å². The van der Waals surface area contributed by atoms with Crippen molar-refractivity contribution < 1.29 is 36.0 Å².